The van der Waals surface area contributed by atoms with Crippen LogP contribution in [0.4, 0.5) is 0 Å². The van der Waals surface area contributed by atoms with Gasteiger partial charge in [-0.1, -0.05) is 148 Å². The molecule has 0 spiro atoms. The van der Waals surface area contributed by atoms with Crippen molar-refractivity contribution < 1.29 is 39.8 Å². The van der Waals surface area contributed by atoms with E-state index >= 15 is 0 Å². The van der Waals surface area contributed by atoms with E-state index in [9.17, 15) is 30.3 Å². The van der Waals surface area contributed by atoms with E-state index in [0.717, 1.165) is 44.9 Å². The summed E-state index contributed by atoms with van der Waals surface area (Å²) >= 11 is 0. The highest BCUT2D eigenvalue weighted by molar-refractivity contribution is 5.76. The van der Waals surface area contributed by atoms with Crippen molar-refractivity contribution in [1.29, 1.82) is 0 Å². The molecule has 0 aromatic heterocycles. The van der Waals surface area contributed by atoms with Crippen LogP contribution in [0.5, 0.6) is 0 Å². The molecule has 1 fully saturated rings. The molecule has 9 heteroatoms. The number of aliphatic hydroxyl groups is 5. The van der Waals surface area contributed by atoms with Gasteiger partial charge in [0.25, 0.3) is 0 Å². The highest BCUT2D eigenvalue weighted by Gasteiger charge is 2.44. The molecule has 2 unspecified atom stereocenters. The Morgan fingerprint density at radius 1 is 0.673 bits per heavy atom. The molecule has 1 amide bonds. The smallest absolute Gasteiger partial charge is 0.220 e. The summed E-state index contributed by atoms with van der Waals surface area (Å²) in [6, 6.07) is -0.727. The molecule has 0 saturated carbocycles. The Bertz CT molecular complexity index is 781. The lowest BCUT2D eigenvalue weighted by Gasteiger charge is -2.40. The van der Waals surface area contributed by atoms with Crippen LogP contribution in [0, 0.1) is 0 Å². The first-order valence-corrected chi connectivity index (χ1v) is 20.4. The molecule has 0 aromatic carbocycles. The van der Waals surface area contributed by atoms with Gasteiger partial charge in [-0.05, 0) is 38.5 Å². The number of amides is 1. The van der Waals surface area contributed by atoms with E-state index in [0.29, 0.717) is 12.8 Å². The molecule has 1 saturated heterocycles. The normalized spacial score (nSPS) is 22.5. The molecular weight excluding hydrogens is 622 g/mol. The molecule has 49 heavy (non-hydrogen) atoms. The first-order valence-electron chi connectivity index (χ1n) is 20.4. The molecule has 0 radical (unpaired) electrons. The van der Waals surface area contributed by atoms with Crippen molar-refractivity contribution in [2.45, 2.75) is 224 Å². The summed E-state index contributed by atoms with van der Waals surface area (Å²) in [6.45, 7) is 3.79. The van der Waals surface area contributed by atoms with Gasteiger partial charge in [0.2, 0.25) is 5.91 Å². The quantitative estimate of drug-likeness (QED) is 0.0307. The van der Waals surface area contributed by atoms with E-state index in [2.05, 4.69) is 31.3 Å². The van der Waals surface area contributed by atoms with Crippen molar-refractivity contribution in [3.8, 4) is 0 Å². The van der Waals surface area contributed by atoms with Crippen LogP contribution in [0.15, 0.2) is 12.2 Å². The second kappa shape index (κ2) is 31.6. The van der Waals surface area contributed by atoms with E-state index in [1.807, 2.05) is 0 Å². The number of carbonyl (C=O) groups excluding carboxylic acids is 1. The van der Waals surface area contributed by atoms with Crippen molar-refractivity contribution in [3.05, 3.63) is 12.2 Å². The molecule has 6 N–H and O–H groups in total. The molecule has 290 valence electrons. The average molecular weight is 700 g/mol. The lowest BCUT2D eigenvalue weighted by Crippen LogP contribution is -2.60. The topological polar surface area (TPSA) is 149 Å². The Balaban J connectivity index is 2.41. The number of allylic oxidation sites excluding steroid dienone is 2. The van der Waals surface area contributed by atoms with Crippen LogP contribution < -0.4 is 5.32 Å². The molecule has 9 nitrogen and oxygen atoms in total. The predicted molar refractivity (Wildman–Crippen MR) is 198 cm³/mol. The van der Waals surface area contributed by atoms with Crippen LogP contribution in [-0.2, 0) is 14.3 Å². The number of carbonyl (C=O) groups is 1. The van der Waals surface area contributed by atoms with Gasteiger partial charge in [-0.15, -0.1) is 0 Å². The van der Waals surface area contributed by atoms with E-state index in [-0.39, 0.29) is 12.5 Å². The highest BCUT2D eigenvalue weighted by Crippen LogP contribution is 2.23. The zero-order valence-electron chi connectivity index (χ0n) is 31.5. The van der Waals surface area contributed by atoms with Crippen LogP contribution >= 0.6 is 0 Å². The summed E-state index contributed by atoms with van der Waals surface area (Å²) in [5.74, 6) is -0.155. The Hall–Kier alpha value is -1.07. The number of nitrogens with one attached hydrogen (secondary N) is 1. The summed E-state index contributed by atoms with van der Waals surface area (Å²) in [4.78, 5) is 12.9. The number of aliphatic hydroxyl groups excluding tert-OH is 5. The standard InChI is InChI=1S/C40H77NO8/c1-3-5-7-9-11-13-15-17-18-20-22-24-26-28-30-36(44)41-33(32-48-40-39(47)38(46)37(45)35(31-42)49-40)34(43)29-27-25-23-21-19-16-14-12-10-8-6-4-2/h19,21,33-35,37-40,42-43,45-47H,3-18,20,22-32H2,1-2H3,(H,41,44)/b21-19+/t33-,34+,35-,37-,38?,39?,40-/m0/s1. The largest absolute Gasteiger partial charge is 0.394 e. The summed E-state index contributed by atoms with van der Waals surface area (Å²) < 4.78 is 11.2. The van der Waals surface area contributed by atoms with Crippen LogP contribution in [0.2, 0.25) is 0 Å². The van der Waals surface area contributed by atoms with Crippen LogP contribution in [0.1, 0.15) is 181 Å². The average Bonchev–Trinajstić information content (AvgIpc) is 3.10. The Kier molecular flexibility index (Phi) is 29.7. The minimum atomic E-state index is -1.55. The Labute approximate surface area is 299 Å². The summed E-state index contributed by atoms with van der Waals surface area (Å²) in [5, 5.41) is 54.1. The van der Waals surface area contributed by atoms with Crippen LogP contribution in [0.3, 0.4) is 0 Å². The minimum absolute atomic E-state index is 0.146. The SMILES string of the molecule is CCCCCCCC/C=C/CCCC[C@@H](O)[C@H](CO[C@H]1O[C@@H](CO)[C@H](O)C(O)C1O)NC(=O)CCCCCCCCCCCCCCCC. The lowest BCUT2D eigenvalue weighted by atomic mass is 9.99. The molecule has 0 aromatic rings. The van der Waals surface area contributed by atoms with Gasteiger partial charge in [0.05, 0.1) is 25.4 Å². The van der Waals surface area contributed by atoms with E-state index in [1.54, 1.807) is 0 Å². The van der Waals surface area contributed by atoms with Crippen LogP contribution in [-0.4, -0.2) is 87.5 Å². The van der Waals surface area contributed by atoms with Crippen molar-refractivity contribution >= 4 is 5.91 Å². The highest BCUT2D eigenvalue weighted by atomic mass is 16.7. The zero-order chi connectivity index (χ0) is 36.0. The summed E-state index contributed by atoms with van der Waals surface area (Å²) in [6.07, 6.45) is 26.4. The van der Waals surface area contributed by atoms with Gasteiger partial charge in [-0.2, -0.15) is 0 Å². The first-order chi connectivity index (χ1) is 23.8. The monoisotopic (exact) mass is 700 g/mol. The van der Waals surface area contributed by atoms with Gasteiger partial charge in [0, 0.05) is 6.42 Å². The molecule has 1 heterocycles. The third-order valence-corrected chi connectivity index (χ3v) is 9.87. The summed E-state index contributed by atoms with van der Waals surface area (Å²) in [5.41, 5.74) is 0. The second-order valence-corrected chi connectivity index (χ2v) is 14.4. The minimum Gasteiger partial charge on any atom is -0.394 e. The number of hydrogen-bond donors (Lipinski definition) is 6. The fourth-order valence-electron chi connectivity index (χ4n) is 6.51. The molecule has 1 rings (SSSR count). The van der Waals surface area contributed by atoms with Gasteiger partial charge in [0.1, 0.15) is 24.4 Å². The molecule has 1 aliphatic heterocycles. The Morgan fingerprint density at radius 3 is 1.65 bits per heavy atom. The van der Waals surface area contributed by atoms with Gasteiger partial charge in [0.15, 0.2) is 6.29 Å². The maximum absolute atomic E-state index is 12.9. The number of unbranched alkanes of at least 4 members (excludes halogenated alkanes) is 21. The van der Waals surface area contributed by atoms with E-state index in [1.165, 1.54) is 109 Å². The second-order valence-electron chi connectivity index (χ2n) is 14.4. The van der Waals surface area contributed by atoms with Crippen molar-refractivity contribution in [2.24, 2.45) is 0 Å². The van der Waals surface area contributed by atoms with Crippen molar-refractivity contribution in [1.82, 2.24) is 5.32 Å². The predicted octanol–water partition coefficient (Wildman–Crippen LogP) is 7.39. The number of rotatable bonds is 33. The van der Waals surface area contributed by atoms with Gasteiger partial charge in [-0.25, -0.2) is 0 Å². The zero-order valence-corrected chi connectivity index (χ0v) is 31.5. The number of hydrogen-bond acceptors (Lipinski definition) is 8. The maximum Gasteiger partial charge on any atom is 0.220 e. The molecule has 7 atom stereocenters. The van der Waals surface area contributed by atoms with Gasteiger partial charge in [-0.3, -0.25) is 4.79 Å². The molecule has 1 aliphatic rings. The van der Waals surface area contributed by atoms with E-state index in [4.69, 9.17) is 9.47 Å². The molecule has 0 aliphatic carbocycles. The third-order valence-electron chi connectivity index (χ3n) is 9.87. The van der Waals surface area contributed by atoms with Crippen molar-refractivity contribution in [3.63, 3.8) is 0 Å². The molecular formula is C40H77NO8. The maximum atomic E-state index is 12.9. The molecule has 0 bridgehead atoms. The fourth-order valence-corrected chi connectivity index (χ4v) is 6.51. The third kappa shape index (κ3) is 23.2. The number of ether oxygens (including phenoxy) is 2. The van der Waals surface area contributed by atoms with E-state index < -0.39 is 49.5 Å². The van der Waals surface area contributed by atoms with Crippen LogP contribution in [0.25, 0.3) is 0 Å². The summed E-state index contributed by atoms with van der Waals surface area (Å²) in [7, 11) is 0. The fraction of sp³-hybridized carbons (Fsp3) is 0.925. The lowest BCUT2D eigenvalue weighted by molar-refractivity contribution is -0.302. The van der Waals surface area contributed by atoms with Gasteiger partial charge >= 0.3 is 0 Å². The first kappa shape index (κ1) is 46.0. The Morgan fingerprint density at radius 2 is 1.14 bits per heavy atom. The van der Waals surface area contributed by atoms with Crippen molar-refractivity contribution in [2.75, 3.05) is 13.2 Å². The van der Waals surface area contributed by atoms with Gasteiger partial charge < -0.3 is 40.3 Å².